The van der Waals surface area contributed by atoms with Gasteiger partial charge in [0.2, 0.25) is 16.8 Å². The van der Waals surface area contributed by atoms with Crippen molar-refractivity contribution in [1.29, 1.82) is 0 Å². The van der Waals surface area contributed by atoms with Crippen molar-refractivity contribution in [3.8, 4) is 11.5 Å². The second kappa shape index (κ2) is 6.94. The first-order chi connectivity index (χ1) is 12.9. The van der Waals surface area contributed by atoms with E-state index >= 15 is 0 Å². The molecule has 4 rings (SSSR count). The number of carbonyl (C=O) groups excluding carboxylic acids is 1. The van der Waals surface area contributed by atoms with E-state index in [1.165, 1.54) is 16.4 Å². The molecule has 0 aromatic heterocycles. The van der Waals surface area contributed by atoms with Crippen molar-refractivity contribution in [2.24, 2.45) is 0 Å². The van der Waals surface area contributed by atoms with Crippen LogP contribution >= 0.6 is 11.6 Å². The van der Waals surface area contributed by atoms with Gasteiger partial charge in [-0.05, 0) is 43.2 Å². The number of rotatable bonds is 3. The average molecular weight is 409 g/mol. The van der Waals surface area contributed by atoms with Crippen molar-refractivity contribution in [3.05, 3.63) is 47.0 Å². The molecule has 142 valence electrons. The molecular weight excluding hydrogens is 392 g/mol. The smallest absolute Gasteiger partial charge is 0.257 e. The largest absolute Gasteiger partial charge is 0.454 e. The molecule has 2 aromatic carbocycles. The number of fused-ring (bicyclic) bond motifs is 1. The van der Waals surface area contributed by atoms with Crippen LogP contribution in [0.5, 0.6) is 11.5 Å². The molecule has 1 amide bonds. The lowest BCUT2D eigenvalue weighted by Gasteiger charge is -2.28. The number of hydrogen-bond acceptors (Lipinski definition) is 5. The molecule has 7 nitrogen and oxygen atoms in total. The van der Waals surface area contributed by atoms with Gasteiger partial charge in [-0.3, -0.25) is 9.10 Å². The quantitative estimate of drug-likeness (QED) is 0.842. The highest BCUT2D eigenvalue weighted by Crippen LogP contribution is 2.35. The molecule has 27 heavy (non-hydrogen) atoms. The Morgan fingerprint density at radius 3 is 2.70 bits per heavy atom. The van der Waals surface area contributed by atoms with E-state index in [9.17, 15) is 13.2 Å². The Morgan fingerprint density at radius 1 is 1.07 bits per heavy atom. The minimum Gasteiger partial charge on any atom is -0.454 e. The van der Waals surface area contributed by atoms with E-state index in [1.54, 1.807) is 24.3 Å². The SMILES string of the molecule is O=C(Nc1ccc2c(c1)OCO2)c1cc(N2CCCCS2(=O)=O)ccc1Cl. The lowest BCUT2D eigenvalue weighted by atomic mass is 10.1. The van der Waals surface area contributed by atoms with Gasteiger partial charge in [0, 0.05) is 18.3 Å². The molecule has 0 unspecified atom stereocenters. The van der Waals surface area contributed by atoms with E-state index in [2.05, 4.69) is 5.32 Å². The monoisotopic (exact) mass is 408 g/mol. The van der Waals surface area contributed by atoms with Crippen molar-refractivity contribution < 1.29 is 22.7 Å². The van der Waals surface area contributed by atoms with Gasteiger partial charge >= 0.3 is 0 Å². The third-order valence-electron chi connectivity index (χ3n) is 4.46. The zero-order chi connectivity index (χ0) is 19.0. The highest BCUT2D eigenvalue weighted by atomic mass is 35.5. The van der Waals surface area contributed by atoms with Gasteiger partial charge in [-0.1, -0.05) is 11.6 Å². The number of amides is 1. The minimum absolute atomic E-state index is 0.106. The summed E-state index contributed by atoms with van der Waals surface area (Å²) in [6, 6.07) is 9.72. The number of carbonyl (C=O) groups is 1. The fourth-order valence-corrected chi connectivity index (χ4v) is 4.93. The molecule has 9 heteroatoms. The van der Waals surface area contributed by atoms with Crippen LogP contribution < -0.4 is 19.1 Å². The standard InChI is InChI=1S/C18H17ClN2O5S/c19-15-5-4-13(21-7-1-2-8-27(21,23)24)10-14(15)18(22)20-12-3-6-16-17(9-12)26-11-25-16/h3-6,9-10H,1-2,7-8,11H2,(H,20,22). The van der Waals surface area contributed by atoms with Crippen molar-refractivity contribution in [3.63, 3.8) is 0 Å². The molecule has 2 aliphatic heterocycles. The maximum atomic E-state index is 12.7. The number of hydrogen-bond donors (Lipinski definition) is 1. The summed E-state index contributed by atoms with van der Waals surface area (Å²) in [5, 5.41) is 2.99. The van der Waals surface area contributed by atoms with E-state index in [-0.39, 0.29) is 23.1 Å². The molecule has 0 saturated carbocycles. The zero-order valence-electron chi connectivity index (χ0n) is 14.3. The fraction of sp³-hybridized carbons (Fsp3) is 0.278. The van der Waals surface area contributed by atoms with Gasteiger partial charge in [-0.2, -0.15) is 0 Å². The van der Waals surface area contributed by atoms with Crippen LogP contribution in [-0.2, 0) is 10.0 Å². The van der Waals surface area contributed by atoms with Crippen LogP contribution in [0.3, 0.4) is 0 Å². The van der Waals surface area contributed by atoms with Crippen LogP contribution in [0.2, 0.25) is 5.02 Å². The number of nitrogens with zero attached hydrogens (tertiary/aromatic N) is 1. The third kappa shape index (κ3) is 3.54. The summed E-state index contributed by atoms with van der Waals surface area (Å²) in [5.41, 5.74) is 1.17. The maximum Gasteiger partial charge on any atom is 0.257 e. The van der Waals surface area contributed by atoms with E-state index in [0.717, 1.165) is 6.42 Å². The molecule has 0 bridgehead atoms. The number of sulfonamides is 1. The lowest BCUT2D eigenvalue weighted by molar-refractivity contribution is 0.102. The Labute approximate surface area is 161 Å². The predicted molar refractivity (Wildman–Crippen MR) is 102 cm³/mol. The normalized spacial score (nSPS) is 17.6. The highest BCUT2D eigenvalue weighted by molar-refractivity contribution is 7.92. The number of anilines is 2. The van der Waals surface area contributed by atoms with E-state index in [1.807, 2.05) is 0 Å². The Morgan fingerprint density at radius 2 is 1.89 bits per heavy atom. The van der Waals surface area contributed by atoms with Crippen LogP contribution in [-0.4, -0.2) is 33.4 Å². The topological polar surface area (TPSA) is 84.9 Å². The molecule has 2 aromatic rings. The molecular formula is C18H17ClN2O5S. The molecule has 0 spiro atoms. The Hall–Kier alpha value is -2.45. The first kappa shape index (κ1) is 17.9. The molecule has 1 N–H and O–H groups in total. The number of nitrogens with one attached hydrogen (secondary N) is 1. The van der Waals surface area contributed by atoms with E-state index in [0.29, 0.717) is 35.8 Å². The molecule has 2 aliphatic rings. The lowest BCUT2D eigenvalue weighted by Crippen LogP contribution is -2.38. The molecule has 1 saturated heterocycles. The highest BCUT2D eigenvalue weighted by Gasteiger charge is 2.27. The molecule has 2 heterocycles. The van der Waals surface area contributed by atoms with Gasteiger partial charge in [0.15, 0.2) is 11.5 Å². The number of benzene rings is 2. The number of ether oxygens (including phenoxy) is 2. The average Bonchev–Trinajstić information content (AvgIpc) is 3.10. The van der Waals surface area contributed by atoms with Crippen molar-refractivity contribution in [2.75, 3.05) is 28.7 Å². The van der Waals surface area contributed by atoms with Crippen molar-refractivity contribution in [1.82, 2.24) is 0 Å². The summed E-state index contributed by atoms with van der Waals surface area (Å²) in [4.78, 5) is 12.7. The Kier molecular flexibility index (Phi) is 4.61. The van der Waals surface area contributed by atoms with Gasteiger partial charge in [0.25, 0.3) is 5.91 Å². The van der Waals surface area contributed by atoms with Crippen molar-refractivity contribution in [2.45, 2.75) is 12.8 Å². The Balaban J connectivity index is 1.60. The molecule has 1 fully saturated rings. The summed E-state index contributed by atoms with van der Waals surface area (Å²) in [7, 11) is -3.37. The van der Waals surface area contributed by atoms with E-state index < -0.39 is 15.9 Å². The van der Waals surface area contributed by atoms with Crippen LogP contribution in [0, 0.1) is 0 Å². The second-order valence-electron chi connectivity index (χ2n) is 6.28. The molecule has 0 radical (unpaired) electrons. The van der Waals surface area contributed by atoms with Gasteiger partial charge < -0.3 is 14.8 Å². The van der Waals surface area contributed by atoms with Gasteiger partial charge in [-0.15, -0.1) is 0 Å². The van der Waals surface area contributed by atoms with Crippen molar-refractivity contribution >= 4 is 38.9 Å². The summed E-state index contributed by atoms with van der Waals surface area (Å²) in [5.74, 6) is 0.833. The minimum atomic E-state index is -3.37. The predicted octanol–water partition coefficient (Wildman–Crippen LogP) is 3.25. The molecule has 0 atom stereocenters. The molecule has 0 aliphatic carbocycles. The summed E-state index contributed by atoms with van der Waals surface area (Å²) < 4.78 is 36.5. The van der Waals surface area contributed by atoms with Crippen LogP contribution in [0.1, 0.15) is 23.2 Å². The van der Waals surface area contributed by atoms with Crippen LogP contribution in [0.15, 0.2) is 36.4 Å². The van der Waals surface area contributed by atoms with Crippen LogP contribution in [0.4, 0.5) is 11.4 Å². The maximum absolute atomic E-state index is 12.7. The zero-order valence-corrected chi connectivity index (χ0v) is 15.8. The second-order valence-corrected chi connectivity index (χ2v) is 8.70. The Bertz CT molecular complexity index is 1010. The first-order valence-electron chi connectivity index (χ1n) is 8.45. The van der Waals surface area contributed by atoms with Gasteiger partial charge in [0.05, 0.1) is 22.0 Å². The van der Waals surface area contributed by atoms with Gasteiger partial charge in [-0.25, -0.2) is 8.42 Å². The first-order valence-corrected chi connectivity index (χ1v) is 10.4. The van der Waals surface area contributed by atoms with Gasteiger partial charge in [0.1, 0.15) is 0 Å². The number of halogens is 1. The van der Waals surface area contributed by atoms with Crippen LogP contribution in [0.25, 0.3) is 0 Å². The fourth-order valence-electron chi connectivity index (χ4n) is 3.09. The summed E-state index contributed by atoms with van der Waals surface area (Å²) in [6.07, 6.45) is 1.42. The summed E-state index contributed by atoms with van der Waals surface area (Å²) in [6.45, 7) is 0.540. The third-order valence-corrected chi connectivity index (χ3v) is 6.66. The van der Waals surface area contributed by atoms with E-state index in [4.69, 9.17) is 21.1 Å². The summed E-state index contributed by atoms with van der Waals surface area (Å²) >= 11 is 6.19.